The molecule has 0 heterocycles. The van der Waals surface area contributed by atoms with Crippen LogP contribution in [0.25, 0.3) is 0 Å². The molecule has 0 atom stereocenters. The van der Waals surface area contributed by atoms with Crippen LogP contribution in [0.1, 0.15) is 41.0 Å². The highest BCUT2D eigenvalue weighted by Gasteiger charge is 2.22. The number of rotatable bonds is 4. The van der Waals surface area contributed by atoms with Crippen LogP contribution in [0, 0.1) is 11.3 Å². The minimum Gasteiger partial charge on any atom is -0.461 e. The lowest BCUT2D eigenvalue weighted by Crippen LogP contribution is -2.22. The van der Waals surface area contributed by atoms with Gasteiger partial charge < -0.3 is 4.74 Å². The highest BCUT2D eigenvalue weighted by molar-refractivity contribution is 5.75. The quantitative estimate of drug-likeness (QED) is 0.512. The molecule has 0 aromatic heterocycles. The van der Waals surface area contributed by atoms with Crippen LogP contribution in [0.4, 0.5) is 0 Å². The van der Waals surface area contributed by atoms with E-state index in [1.54, 1.807) is 0 Å². The van der Waals surface area contributed by atoms with Gasteiger partial charge in [-0.05, 0) is 33.1 Å². The Hall–Kier alpha value is -0.790. The van der Waals surface area contributed by atoms with Crippen molar-refractivity contribution in [3.63, 3.8) is 0 Å². The number of allylic oxidation sites excluding steroid dienone is 1. The summed E-state index contributed by atoms with van der Waals surface area (Å²) in [5, 5.41) is 0. The smallest absolute Gasteiger partial charge is 0.311 e. The van der Waals surface area contributed by atoms with Crippen LogP contribution in [0.3, 0.4) is 0 Å². The molecule has 0 aromatic rings. The molecule has 0 amide bonds. The lowest BCUT2D eigenvalue weighted by molar-refractivity contribution is -0.151. The van der Waals surface area contributed by atoms with Crippen LogP contribution in [0.2, 0.25) is 0 Å². The van der Waals surface area contributed by atoms with E-state index in [-0.39, 0.29) is 5.97 Å². The standard InChI is InChI=1S/C12H22O2/c1-10(2)8-6-7-9-14-11(13)12(3,4)5/h6-7,10H,8-9H2,1-5H3/b7-6-. The van der Waals surface area contributed by atoms with E-state index in [2.05, 4.69) is 19.9 Å². The summed E-state index contributed by atoms with van der Waals surface area (Å²) in [7, 11) is 0. The van der Waals surface area contributed by atoms with Crippen LogP contribution in [-0.4, -0.2) is 12.6 Å². The SMILES string of the molecule is CC(C)C/C=C\COC(=O)C(C)(C)C. The molecule has 0 unspecified atom stereocenters. The van der Waals surface area contributed by atoms with Crippen molar-refractivity contribution in [1.29, 1.82) is 0 Å². The summed E-state index contributed by atoms with van der Waals surface area (Å²) in [6, 6.07) is 0. The molecule has 0 aliphatic rings. The summed E-state index contributed by atoms with van der Waals surface area (Å²) in [5.41, 5.74) is -0.397. The third-order valence-corrected chi connectivity index (χ3v) is 1.70. The van der Waals surface area contributed by atoms with E-state index >= 15 is 0 Å². The molecule has 0 spiro atoms. The summed E-state index contributed by atoms with van der Waals surface area (Å²) in [6.07, 6.45) is 5.00. The molecule has 82 valence electrons. The zero-order chi connectivity index (χ0) is 11.2. The summed E-state index contributed by atoms with van der Waals surface area (Å²) >= 11 is 0. The van der Waals surface area contributed by atoms with Gasteiger partial charge >= 0.3 is 5.97 Å². The topological polar surface area (TPSA) is 26.3 Å². The molecule has 0 aliphatic heterocycles. The third kappa shape index (κ3) is 6.70. The summed E-state index contributed by atoms with van der Waals surface area (Å²) < 4.78 is 5.06. The number of carbonyl (C=O) groups is 1. The lowest BCUT2D eigenvalue weighted by Gasteiger charge is -2.15. The van der Waals surface area contributed by atoms with Gasteiger partial charge in [0.2, 0.25) is 0 Å². The van der Waals surface area contributed by atoms with E-state index in [0.29, 0.717) is 12.5 Å². The highest BCUT2D eigenvalue weighted by Crippen LogP contribution is 2.14. The molecular weight excluding hydrogens is 176 g/mol. The average Bonchev–Trinajstić information content (AvgIpc) is 2.01. The monoisotopic (exact) mass is 198 g/mol. The molecule has 0 saturated heterocycles. The molecule has 0 fully saturated rings. The maximum Gasteiger partial charge on any atom is 0.311 e. The Bertz CT molecular complexity index is 197. The van der Waals surface area contributed by atoms with Crippen molar-refractivity contribution in [2.24, 2.45) is 11.3 Å². The Balaban J connectivity index is 3.65. The minimum absolute atomic E-state index is 0.147. The first kappa shape index (κ1) is 13.2. The van der Waals surface area contributed by atoms with Gasteiger partial charge in [-0.1, -0.05) is 26.0 Å². The van der Waals surface area contributed by atoms with Crippen molar-refractivity contribution >= 4 is 5.97 Å². The van der Waals surface area contributed by atoms with Crippen molar-refractivity contribution in [1.82, 2.24) is 0 Å². The maximum absolute atomic E-state index is 11.3. The predicted octanol–water partition coefficient (Wildman–Crippen LogP) is 3.18. The molecule has 0 aromatic carbocycles. The van der Waals surface area contributed by atoms with Crippen LogP contribution in [0.15, 0.2) is 12.2 Å². The lowest BCUT2D eigenvalue weighted by atomic mass is 9.97. The van der Waals surface area contributed by atoms with Crippen LogP contribution in [0.5, 0.6) is 0 Å². The highest BCUT2D eigenvalue weighted by atomic mass is 16.5. The normalized spacial score (nSPS) is 12.4. The van der Waals surface area contributed by atoms with Gasteiger partial charge in [-0.2, -0.15) is 0 Å². The zero-order valence-corrected chi connectivity index (χ0v) is 9.96. The van der Waals surface area contributed by atoms with Crippen LogP contribution in [-0.2, 0) is 9.53 Å². The fourth-order valence-corrected chi connectivity index (χ4v) is 0.777. The van der Waals surface area contributed by atoms with E-state index in [1.807, 2.05) is 26.8 Å². The van der Waals surface area contributed by atoms with Gasteiger partial charge in [0.15, 0.2) is 0 Å². The molecule has 0 bridgehead atoms. The van der Waals surface area contributed by atoms with Gasteiger partial charge in [0.25, 0.3) is 0 Å². The molecule has 14 heavy (non-hydrogen) atoms. The Labute approximate surface area is 87.3 Å². The fourth-order valence-electron chi connectivity index (χ4n) is 0.777. The predicted molar refractivity (Wildman–Crippen MR) is 59.0 cm³/mol. The first-order valence-electron chi connectivity index (χ1n) is 5.16. The van der Waals surface area contributed by atoms with Gasteiger partial charge in [0, 0.05) is 0 Å². The first-order valence-corrected chi connectivity index (χ1v) is 5.16. The fraction of sp³-hybridized carbons (Fsp3) is 0.750. The minimum atomic E-state index is -0.397. The molecule has 0 aliphatic carbocycles. The van der Waals surface area contributed by atoms with Gasteiger partial charge in [0.05, 0.1) is 5.41 Å². The van der Waals surface area contributed by atoms with Gasteiger partial charge in [-0.25, -0.2) is 0 Å². The third-order valence-electron chi connectivity index (χ3n) is 1.70. The number of hydrogen-bond donors (Lipinski definition) is 0. The Kier molecular flexibility index (Phi) is 5.51. The number of ether oxygens (including phenoxy) is 1. The van der Waals surface area contributed by atoms with Gasteiger partial charge in [0.1, 0.15) is 6.61 Å². The molecule has 0 saturated carbocycles. The number of hydrogen-bond acceptors (Lipinski definition) is 2. The molecule has 0 rings (SSSR count). The summed E-state index contributed by atoms with van der Waals surface area (Å²) in [4.78, 5) is 11.3. The second kappa shape index (κ2) is 5.84. The van der Waals surface area contributed by atoms with E-state index in [9.17, 15) is 4.79 Å². The van der Waals surface area contributed by atoms with E-state index in [4.69, 9.17) is 4.74 Å². The van der Waals surface area contributed by atoms with E-state index < -0.39 is 5.41 Å². The average molecular weight is 198 g/mol. The van der Waals surface area contributed by atoms with Gasteiger partial charge in [-0.15, -0.1) is 0 Å². The molecule has 0 radical (unpaired) electrons. The van der Waals surface area contributed by atoms with Crippen molar-refractivity contribution in [2.45, 2.75) is 41.0 Å². The molecule has 2 nitrogen and oxygen atoms in total. The van der Waals surface area contributed by atoms with Crippen molar-refractivity contribution in [3.8, 4) is 0 Å². The van der Waals surface area contributed by atoms with Crippen molar-refractivity contribution in [3.05, 3.63) is 12.2 Å². The Morgan fingerprint density at radius 1 is 1.29 bits per heavy atom. The van der Waals surface area contributed by atoms with E-state index in [1.165, 1.54) is 0 Å². The van der Waals surface area contributed by atoms with Crippen LogP contribution < -0.4 is 0 Å². The Morgan fingerprint density at radius 3 is 2.29 bits per heavy atom. The second-order valence-corrected chi connectivity index (χ2v) is 4.95. The first-order chi connectivity index (χ1) is 6.34. The molecule has 2 heteroatoms. The van der Waals surface area contributed by atoms with Crippen molar-refractivity contribution in [2.75, 3.05) is 6.61 Å². The van der Waals surface area contributed by atoms with Crippen molar-refractivity contribution < 1.29 is 9.53 Å². The summed E-state index contributed by atoms with van der Waals surface area (Å²) in [5.74, 6) is 0.510. The summed E-state index contributed by atoms with van der Waals surface area (Å²) in [6.45, 7) is 10.3. The number of esters is 1. The second-order valence-electron chi connectivity index (χ2n) is 4.95. The van der Waals surface area contributed by atoms with Crippen LogP contribution >= 0.6 is 0 Å². The van der Waals surface area contributed by atoms with Gasteiger partial charge in [-0.3, -0.25) is 4.79 Å². The van der Waals surface area contributed by atoms with E-state index in [0.717, 1.165) is 6.42 Å². The maximum atomic E-state index is 11.3. The molecule has 0 N–H and O–H groups in total. The Morgan fingerprint density at radius 2 is 1.86 bits per heavy atom. The number of carbonyl (C=O) groups excluding carboxylic acids is 1. The zero-order valence-electron chi connectivity index (χ0n) is 9.96. The molecular formula is C12H22O2. The largest absolute Gasteiger partial charge is 0.461 e.